The highest BCUT2D eigenvalue weighted by molar-refractivity contribution is 6.23. The molecule has 3 heteroatoms. The number of aliphatic hydroxyl groups is 1. The van der Waals surface area contributed by atoms with Crippen molar-refractivity contribution in [2.45, 2.75) is 70.3 Å². The van der Waals surface area contributed by atoms with E-state index in [1.165, 1.54) is 5.57 Å². The number of fused-ring (bicyclic) bond motifs is 5. The Labute approximate surface area is 138 Å². The summed E-state index contributed by atoms with van der Waals surface area (Å²) < 4.78 is 0. The van der Waals surface area contributed by atoms with Crippen molar-refractivity contribution in [1.82, 2.24) is 0 Å². The molecule has 0 heterocycles. The molecule has 1 N–H and O–H groups in total. The first-order chi connectivity index (χ1) is 10.4. The lowest BCUT2D eigenvalue weighted by Gasteiger charge is -2.58. The van der Waals surface area contributed by atoms with Crippen LogP contribution in [0, 0.1) is 28.6 Å². The Morgan fingerprint density at radius 2 is 2.05 bits per heavy atom. The summed E-state index contributed by atoms with van der Waals surface area (Å²) >= 11 is 6.81. The van der Waals surface area contributed by atoms with Gasteiger partial charge in [-0.3, -0.25) is 4.79 Å². The molecule has 7 atom stereocenters. The molecule has 0 aromatic carbocycles. The molecule has 3 saturated carbocycles. The van der Waals surface area contributed by atoms with Gasteiger partial charge in [0.15, 0.2) is 0 Å². The summed E-state index contributed by atoms with van der Waals surface area (Å²) in [5.41, 5.74) is 1.37. The third-order valence-corrected chi connectivity index (χ3v) is 8.47. The maximum Gasteiger partial charge on any atom is 0.140 e. The maximum atomic E-state index is 12.5. The molecule has 22 heavy (non-hydrogen) atoms. The molecule has 122 valence electrons. The highest BCUT2D eigenvalue weighted by atomic mass is 35.5. The third kappa shape index (κ3) is 1.80. The Morgan fingerprint density at radius 1 is 1.27 bits per heavy atom. The molecule has 4 aliphatic carbocycles. The second kappa shape index (κ2) is 4.83. The van der Waals surface area contributed by atoms with Crippen LogP contribution in [0.25, 0.3) is 0 Å². The summed E-state index contributed by atoms with van der Waals surface area (Å²) in [6.45, 7) is 4.53. The van der Waals surface area contributed by atoms with Crippen molar-refractivity contribution < 1.29 is 9.90 Å². The Kier molecular flexibility index (Phi) is 3.34. The first-order valence-electron chi connectivity index (χ1n) is 8.92. The van der Waals surface area contributed by atoms with Gasteiger partial charge >= 0.3 is 0 Å². The Balaban J connectivity index is 1.73. The van der Waals surface area contributed by atoms with Gasteiger partial charge in [-0.2, -0.15) is 0 Å². The predicted octanol–water partition coefficient (Wildman–Crippen LogP) is 4.10. The van der Waals surface area contributed by atoms with Crippen LogP contribution in [0.1, 0.15) is 58.8 Å². The summed E-state index contributed by atoms with van der Waals surface area (Å²) in [5, 5.41) is 10.0. The molecular formula is C19H27ClO2. The smallest absolute Gasteiger partial charge is 0.140 e. The van der Waals surface area contributed by atoms with E-state index in [1.54, 1.807) is 0 Å². The molecular weight excluding hydrogens is 296 g/mol. The van der Waals surface area contributed by atoms with E-state index in [2.05, 4.69) is 19.9 Å². The van der Waals surface area contributed by atoms with Gasteiger partial charge in [0.05, 0.1) is 6.10 Å². The highest BCUT2D eigenvalue weighted by Crippen LogP contribution is 2.64. The second-order valence-corrected chi connectivity index (χ2v) is 9.13. The topological polar surface area (TPSA) is 37.3 Å². The molecule has 0 bridgehead atoms. The van der Waals surface area contributed by atoms with E-state index < -0.39 is 0 Å². The normalized spacial score (nSPS) is 54.3. The van der Waals surface area contributed by atoms with E-state index in [9.17, 15) is 9.90 Å². The molecule has 4 rings (SSSR count). The molecule has 2 nitrogen and oxygen atoms in total. The van der Waals surface area contributed by atoms with Crippen LogP contribution in [-0.4, -0.2) is 22.4 Å². The van der Waals surface area contributed by atoms with E-state index in [0.29, 0.717) is 23.5 Å². The van der Waals surface area contributed by atoms with Crippen LogP contribution in [0.15, 0.2) is 11.6 Å². The summed E-state index contributed by atoms with van der Waals surface area (Å²) in [4.78, 5) is 12.5. The molecule has 0 radical (unpaired) electrons. The first kappa shape index (κ1) is 15.2. The van der Waals surface area contributed by atoms with E-state index in [0.717, 1.165) is 44.9 Å². The molecule has 0 aromatic heterocycles. The van der Waals surface area contributed by atoms with Gasteiger partial charge in [-0.25, -0.2) is 0 Å². The monoisotopic (exact) mass is 322 g/mol. The van der Waals surface area contributed by atoms with Crippen molar-refractivity contribution in [2.75, 3.05) is 0 Å². The summed E-state index contributed by atoms with van der Waals surface area (Å²) in [6.07, 6.45) is 8.86. The van der Waals surface area contributed by atoms with Gasteiger partial charge in [0.1, 0.15) is 5.78 Å². The fraction of sp³-hybridized carbons (Fsp3) is 0.842. The molecule has 4 aliphatic rings. The lowest BCUT2D eigenvalue weighted by atomic mass is 9.48. The molecule has 0 unspecified atom stereocenters. The van der Waals surface area contributed by atoms with E-state index >= 15 is 0 Å². The molecule has 0 amide bonds. The second-order valence-electron chi connectivity index (χ2n) is 8.60. The average molecular weight is 323 g/mol. The number of aliphatic hydroxyl groups excluding tert-OH is 1. The molecule has 3 fully saturated rings. The van der Waals surface area contributed by atoms with Crippen molar-refractivity contribution >= 4 is 17.4 Å². The summed E-state index contributed by atoms with van der Waals surface area (Å²) in [7, 11) is 0. The van der Waals surface area contributed by atoms with Gasteiger partial charge in [0.25, 0.3) is 0 Å². The molecule has 0 aromatic rings. The zero-order valence-corrected chi connectivity index (χ0v) is 14.4. The number of hydrogen-bond donors (Lipinski definition) is 1. The molecule has 0 saturated heterocycles. The Morgan fingerprint density at radius 3 is 2.82 bits per heavy atom. The summed E-state index contributed by atoms with van der Waals surface area (Å²) in [5.74, 6) is 2.06. The van der Waals surface area contributed by atoms with Crippen LogP contribution in [0.5, 0.6) is 0 Å². The van der Waals surface area contributed by atoms with Gasteiger partial charge in [0.2, 0.25) is 0 Å². The van der Waals surface area contributed by atoms with Crippen molar-refractivity contribution in [2.24, 2.45) is 28.6 Å². The fourth-order valence-electron chi connectivity index (χ4n) is 6.35. The van der Waals surface area contributed by atoms with E-state index in [4.69, 9.17) is 11.6 Å². The zero-order valence-electron chi connectivity index (χ0n) is 13.6. The van der Waals surface area contributed by atoms with E-state index in [-0.39, 0.29) is 22.3 Å². The van der Waals surface area contributed by atoms with Crippen LogP contribution in [0.4, 0.5) is 0 Å². The number of hydrogen-bond acceptors (Lipinski definition) is 2. The minimum Gasteiger partial charge on any atom is -0.393 e. The van der Waals surface area contributed by atoms with Crippen molar-refractivity contribution in [3.05, 3.63) is 11.6 Å². The lowest BCUT2D eigenvalue weighted by Crippen LogP contribution is -2.54. The van der Waals surface area contributed by atoms with Crippen molar-refractivity contribution in [3.63, 3.8) is 0 Å². The third-order valence-electron chi connectivity index (χ3n) is 7.84. The van der Waals surface area contributed by atoms with Gasteiger partial charge in [0, 0.05) is 17.2 Å². The molecule has 0 spiro atoms. The van der Waals surface area contributed by atoms with Crippen LogP contribution >= 0.6 is 11.6 Å². The van der Waals surface area contributed by atoms with E-state index in [1.807, 2.05) is 0 Å². The van der Waals surface area contributed by atoms with Crippen molar-refractivity contribution in [3.8, 4) is 0 Å². The average Bonchev–Trinajstić information content (AvgIpc) is 2.79. The SMILES string of the molecule is C[C@@]12C(=O)CC[C@H]1[C@@H]1CC=C3C[C@@H](O)CC[C@]3(C)[C@H]1C[C@H]2Cl. The van der Waals surface area contributed by atoms with Crippen LogP contribution in [-0.2, 0) is 4.79 Å². The maximum absolute atomic E-state index is 12.5. The van der Waals surface area contributed by atoms with Gasteiger partial charge in [-0.15, -0.1) is 11.6 Å². The quantitative estimate of drug-likeness (QED) is 0.538. The number of carbonyl (C=O) groups excluding carboxylic acids is 1. The number of ketones is 1. The number of rotatable bonds is 0. The first-order valence-corrected chi connectivity index (χ1v) is 9.36. The number of Topliss-reactive ketones (excluding diaryl/α,β-unsaturated/α-hetero) is 1. The fourth-order valence-corrected chi connectivity index (χ4v) is 6.82. The van der Waals surface area contributed by atoms with Crippen LogP contribution in [0.2, 0.25) is 0 Å². The highest BCUT2D eigenvalue weighted by Gasteiger charge is 2.62. The minimum absolute atomic E-state index is 0.0169. The zero-order chi connectivity index (χ0) is 15.7. The largest absolute Gasteiger partial charge is 0.393 e. The number of halogens is 1. The number of allylic oxidation sites excluding steroid dienone is 1. The van der Waals surface area contributed by atoms with Gasteiger partial charge in [-0.05, 0) is 61.7 Å². The van der Waals surface area contributed by atoms with Crippen LogP contribution in [0.3, 0.4) is 0 Å². The summed E-state index contributed by atoms with van der Waals surface area (Å²) in [6, 6.07) is 0. The number of carbonyl (C=O) groups is 1. The lowest BCUT2D eigenvalue weighted by molar-refractivity contribution is -0.131. The number of alkyl halides is 1. The standard InChI is InChI=1S/C19H27ClO2/c1-18-8-7-12(21)9-11(18)3-4-13-14-5-6-17(22)19(14,2)16(20)10-15(13)18/h3,12-16,21H,4-10H2,1-2H3/t12-,13-,14-,15-,16+,18-,19+/m0/s1. The predicted molar refractivity (Wildman–Crippen MR) is 87.7 cm³/mol. The van der Waals surface area contributed by atoms with Crippen LogP contribution < -0.4 is 0 Å². The minimum atomic E-state index is -0.293. The van der Waals surface area contributed by atoms with Crippen molar-refractivity contribution in [1.29, 1.82) is 0 Å². The van der Waals surface area contributed by atoms with Gasteiger partial charge in [-0.1, -0.05) is 25.5 Å². The Hall–Kier alpha value is -0.340. The van der Waals surface area contributed by atoms with Gasteiger partial charge < -0.3 is 5.11 Å². The Bertz CT molecular complexity index is 542. The molecule has 0 aliphatic heterocycles.